The van der Waals surface area contributed by atoms with Gasteiger partial charge in [0, 0.05) is 25.2 Å². The van der Waals surface area contributed by atoms with Gasteiger partial charge in [-0.15, -0.1) is 0 Å². The number of likely N-dealkylation sites (tertiary alicyclic amines) is 1. The second-order valence-electron chi connectivity index (χ2n) is 9.55. The van der Waals surface area contributed by atoms with E-state index in [9.17, 15) is 14.0 Å². The number of aromatic nitrogens is 1. The van der Waals surface area contributed by atoms with Gasteiger partial charge in [-0.05, 0) is 58.1 Å². The number of aryl methyl sites for hydroxylation is 1. The smallest absolute Gasteiger partial charge is 0.410 e. The summed E-state index contributed by atoms with van der Waals surface area (Å²) < 4.78 is 25.5. The number of hydrogen-bond donors (Lipinski definition) is 2. The largest absolute Gasteiger partial charge is 0.481 e. The van der Waals surface area contributed by atoms with Crippen molar-refractivity contribution in [2.45, 2.75) is 64.6 Å². The number of hydrogen-bond acceptors (Lipinski definition) is 6. The lowest BCUT2D eigenvalue weighted by molar-refractivity contribution is -0.125. The van der Waals surface area contributed by atoms with Crippen molar-refractivity contribution in [3.05, 3.63) is 53.3 Å². The van der Waals surface area contributed by atoms with Crippen molar-refractivity contribution in [1.82, 2.24) is 15.2 Å². The Morgan fingerprint density at radius 1 is 1.23 bits per heavy atom. The summed E-state index contributed by atoms with van der Waals surface area (Å²) in [5.41, 5.74) is 0.989. The molecule has 3 rings (SSSR count). The van der Waals surface area contributed by atoms with Gasteiger partial charge in [-0.25, -0.2) is 9.18 Å². The number of amides is 2. The van der Waals surface area contributed by atoms with Crippen LogP contribution in [0.4, 0.5) is 15.0 Å². The average molecular weight is 487 g/mol. The van der Waals surface area contributed by atoms with Crippen molar-refractivity contribution in [3.63, 3.8) is 0 Å². The molecule has 1 aromatic carbocycles. The Morgan fingerprint density at radius 3 is 2.66 bits per heavy atom. The number of nitrogens with zero attached hydrogens (tertiary/aromatic N) is 2. The van der Waals surface area contributed by atoms with E-state index in [0.29, 0.717) is 31.5 Å². The van der Waals surface area contributed by atoms with Crippen LogP contribution < -0.4 is 15.4 Å². The normalized spacial score (nSPS) is 15.6. The first kappa shape index (κ1) is 26.2. The molecule has 9 heteroatoms. The Morgan fingerprint density at radius 2 is 1.97 bits per heavy atom. The number of ether oxygens (including phenoxy) is 2. The minimum absolute atomic E-state index is 0.0267. The van der Waals surface area contributed by atoms with Gasteiger partial charge in [0.25, 0.3) is 0 Å². The van der Waals surface area contributed by atoms with E-state index in [2.05, 4.69) is 27.8 Å². The molecule has 0 unspecified atom stereocenters. The number of halogens is 1. The molecule has 1 atom stereocenters. The number of benzene rings is 1. The number of carbonyl (C=O) groups excluding carboxylic acids is 2. The summed E-state index contributed by atoms with van der Waals surface area (Å²) in [7, 11) is 1.45. The van der Waals surface area contributed by atoms with E-state index in [-0.39, 0.29) is 24.1 Å². The van der Waals surface area contributed by atoms with E-state index in [1.165, 1.54) is 23.6 Å². The van der Waals surface area contributed by atoms with E-state index in [0.717, 1.165) is 12.8 Å². The lowest BCUT2D eigenvalue weighted by Gasteiger charge is -2.28. The number of rotatable bonds is 9. The Hall–Kier alpha value is -3.36. The van der Waals surface area contributed by atoms with Gasteiger partial charge in [0.15, 0.2) is 11.6 Å². The van der Waals surface area contributed by atoms with Gasteiger partial charge in [-0.3, -0.25) is 9.69 Å². The van der Waals surface area contributed by atoms with Crippen molar-refractivity contribution in [2.75, 3.05) is 25.5 Å². The number of pyridine rings is 1. The third kappa shape index (κ3) is 7.56. The fourth-order valence-corrected chi connectivity index (χ4v) is 3.96. The van der Waals surface area contributed by atoms with E-state index in [1.807, 2.05) is 18.2 Å². The number of methoxy groups -OCH3 is 1. The maximum Gasteiger partial charge on any atom is 0.410 e. The fraction of sp³-hybridized carbons (Fsp3) is 0.500. The van der Waals surface area contributed by atoms with Gasteiger partial charge in [-0.1, -0.05) is 30.3 Å². The standard InChI is InChI=1S/C26H35FN4O4/c1-26(2,3)35-25(33)31-15-9-13-21(31)23(32)29-17-19-16-20(27)22(30-24(19)34-4)28-14-8-12-18-10-6-5-7-11-18/h5-7,10-11,16,21H,8-9,12-15,17H2,1-4H3,(H,28,30)(H,29,32)/t21-/m0/s1. The molecule has 2 aromatic rings. The Kier molecular flexibility index (Phi) is 8.89. The van der Waals surface area contributed by atoms with Crippen LogP contribution >= 0.6 is 0 Å². The molecule has 1 fully saturated rings. The Bertz CT molecular complexity index is 1010. The van der Waals surface area contributed by atoms with Crippen LogP contribution in [0.25, 0.3) is 0 Å². The lowest BCUT2D eigenvalue weighted by Crippen LogP contribution is -2.47. The van der Waals surface area contributed by atoms with Gasteiger partial charge in [0.2, 0.25) is 11.8 Å². The number of nitrogens with one attached hydrogen (secondary N) is 2. The predicted molar refractivity (Wildman–Crippen MR) is 132 cm³/mol. The summed E-state index contributed by atoms with van der Waals surface area (Å²) >= 11 is 0. The highest BCUT2D eigenvalue weighted by Crippen LogP contribution is 2.24. The summed E-state index contributed by atoms with van der Waals surface area (Å²) in [6.07, 6.45) is 2.43. The molecule has 0 spiro atoms. The molecule has 2 heterocycles. The van der Waals surface area contributed by atoms with Crippen molar-refractivity contribution in [1.29, 1.82) is 0 Å². The minimum Gasteiger partial charge on any atom is -0.481 e. The molecule has 2 N–H and O–H groups in total. The van der Waals surface area contributed by atoms with Gasteiger partial charge < -0.3 is 20.1 Å². The molecular weight excluding hydrogens is 451 g/mol. The molecule has 1 aliphatic rings. The van der Waals surface area contributed by atoms with Crippen LogP contribution in [-0.2, 0) is 22.5 Å². The minimum atomic E-state index is -0.644. The van der Waals surface area contributed by atoms with Crippen LogP contribution in [0.15, 0.2) is 36.4 Å². The molecule has 1 aliphatic heterocycles. The van der Waals surface area contributed by atoms with Crippen molar-refractivity contribution >= 4 is 17.8 Å². The van der Waals surface area contributed by atoms with Crippen LogP contribution in [0.2, 0.25) is 0 Å². The Labute approximate surface area is 206 Å². The van der Waals surface area contributed by atoms with Crippen molar-refractivity contribution in [3.8, 4) is 5.88 Å². The highest BCUT2D eigenvalue weighted by atomic mass is 19.1. The van der Waals surface area contributed by atoms with Crippen molar-refractivity contribution < 1.29 is 23.5 Å². The SMILES string of the molecule is COc1nc(NCCCc2ccccc2)c(F)cc1CNC(=O)[C@@H]1CCCN1C(=O)OC(C)(C)C. The molecule has 1 saturated heterocycles. The predicted octanol–water partition coefficient (Wildman–Crippen LogP) is 4.29. The zero-order valence-corrected chi connectivity index (χ0v) is 20.9. The summed E-state index contributed by atoms with van der Waals surface area (Å²) in [5.74, 6) is -0.505. The molecule has 0 aliphatic carbocycles. The summed E-state index contributed by atoms with van der Waals surface area (Å²) in [6, 6.07) is 10.8. The van der Waals surface area contributed by atoms with Crippen LogP contribution in [0.5, 0.6) is 5.88 Å². The van der Waals surface area contributed by atoms with Crippen molar-refractivity contribution in [2.24, 2.45) is 0 Å². The quantitative estimate of drug-likeness (QED) is 0.514. The monoisotopic (exact) mass is 486 g/mol. The molecule has 8 nitrogen and oxygen atoms in total. The summed E-state index contributed by atoms with van der Waals surface area (Å²) in [4.78, 5) is 31.0. The van der Waals surface area contributed by atoms with Crippen LogP contribution in [0.1, 0.15) is 51.2 Å². The van der Waals surface area contributed by atoms with Crippen LogP contribution in [0.3, 0.4) is 0 Å². The number of carbonyl (C=O) groups is 2. The first-order valence-corrected chi connectivity index (χ1v) is 12.0. The fourth-order valence-electron chi connectivity index (χ4n) is 3.96. The zero-order valence-electron chi connectivity index (χ0n) is 20.9. The summed E-state index contributed by atoms with van der Waals surface area (Å²) in [5, 5.41) is 5.81. The van der Waals surface area contributed by atoms with Gasteiger partial charge in [0.1, 0.15) is 11.6 Å². The zero-order chi connectivity index (χ0) is 25.4. The molecule has 0 saturated carbocycles. The van der Waals surface area contributed by atoms with Crippen LogP contribution in [0, 0.1) is 5.82 Å². The first-order chi connectivity index (χ1) is 16.7. The van der Waals surface area contributed by atoms with E-state index in [4.69, 9.17) is 9.47 Å². The van der Waals surface area contributed by atoms with E-state index < -0.39 is 23.6 Å². The molecule has 1 aromatic heterocycles. The van der Waals surface area contributed by atoms with Gasteiger partial charge in [-0.2, -0.15) is 4.98 Å². The molecule has 0 bridgehead atoms. The van der Waals surface area contributed by atoms with E-state index in [1.54, 1.807) is 20.8 Å². The molecule has 35 heavy (non-hydrogen) atoms. The number of anilines is 1. The molecule has 190 valence electrons. The Balaban J connectivity index is 1.56. The van der Waals surface area contributed by atoms with Gasteiger partial charge in [0.05, 0.1) is 7.11 Å². The third-order valence-electron chi connectivity index (χ3n) is 5.62. The van der Waals surface area contributed by atoms with Gasteiger partial charge >= 0.3 is 6.09 Å². The first-order valence-electron chi connectivity index (χ1n) is 12.0. The highest BCUT2D eigenvalue weighted by Gasteiger charge is 2.36. The topological polar surface area (TPSA) is 92.8 Å². The highest BCUT2D eigenvalue weighted by molar-refractivity contribution is 5.86. The molecule has 2 amide bonds. The summed E-state index contributed by atoms with van der Waals surface area (Å²) in [6.45, 7) is 6.39. The van der Waals surface area contributed by atoms with Crippen LogP contribution in [-0.4, -0.2) is 53.7 Å². The maximum absolute atomic E-state index is 14.7. The second kappa shape index (κ2) is 11.9. The third-order valence-corrected chi connectivity index (χ3v) is 5.62. The maximum atomic E-state index is 14.7. The average Bonchev–Trinajstić information content (AvgIpc) is 3.31. The lowest BCUT2D eigenvalue weighted by atomic mass is 10.1. The molecular formula is C26H35FN4O4. The second-order valence-corrected chi connectivity index (χ2v) is 9.55. The van der Waals surface area contributed by atoms with E-state index >= 15 is 0 Å². The molecule has 0 radical (unpaired) electrons.